The van der Waals surface area contributed by atoms with Gasteiger partial charge in [-0.15, -0.1) is 5.10 Å². The van der Waals surface area contributed by atoms with Crippen molar-refractivity contribution in [2.24, 2.45) is 10.2 Å². The van der Waals surface area contributed by atoms with Gasteiger partial charge in [-0.25, -0.2) is 0 Å². The van der Waals surface area contributed by atoms with Crippen molar-refractivity contribution in [2.45, 2.75) is 0 Å². The highest BCUT2D eigenvalue weighted by atomic mass is 35.5. The summed E-state index contributed by atoms with van der Waals surface area (Å²) in [4.78, 5) is 12.8. The monoisotopic (exact) mass is 346 g/mol. The fraction of sp³-hybridized carbons (Fsp3) is 0. The van der Waals surface area contributed by atoms with Gasteiger partial charge in [0.15, 0.2) is 0 Å². The van der Waals surface area contributed by atoms with Gasteiger partial charge in [-0.1, -0.05) is 84.4 Å². The summed E-state index contributed by atoms with van der Waals surface area (Å²) in [5.41, 5.74) is 2.46. The summed E-state index contributed by atoms with van der Waals surface area (Å²) in [6.07, 6.45) is 1.59. The average molecular weight is 347 g/mol. The first kappa shape index (κ1) is 16.8. The zero-order valence-electron chi connectivity index (χ0n) is 13.3. The van der Waals surface area contributed by atoms with Crippen molar-refractivity contribution in [2.75, 3.05) is 0 Å². The van der Waals surface area contributed by atoms with Crippen LogP contribution in [0.2, 0.25) is 5.02 Å². The maximum atomic E-state index is 12.8. The van der Waals surface area contributed by atoms with E-state index in [1.54, 1.807) is 30.5 Å². The van der Waals surface area contributed by atoms with Gasteiger partial charge in [0.1, 0.15) is 5.71 Å². The molecule has 0 aliphatic carbocycles. The summed E-state index contributed by atoms with van der Waals surface area (Å²) in [6, 6.07) is 25.6. The second kappa shape index (κ2) is 8.18. The normalized spacial score (nSPS) is 11.6. The molecular weight excluding hydrogens is 332 g/mol. The molecule has 0 aliphatic heterocycles. The van der Waals surface area contributed by atoms with Gasteiger partial charge in [-0.2, -0.15) is 5.10 Å². The third-order valence-corrected chi connectivity index (χ3v) is 3.78. The molecule has 0 saturated carbocycles. The zero-order valence-corrected chi connectivity index (χ0v) is 14.1. The summed E-state index contributed by atoms with van der Waals surface area (Å²) in [6.45, 7) is 0. The molecule has 0 atom stereocenters. The lowest BCUT2D eigenvalue weighted by Gasteiger charge is -2.04. The maximum absolute atomic E-state index is 12.8. The van der Waals surface area contributed by atoms with Crippen molar-refractivity contribution < 1.29 is 4.79 Å². The minimum absolute atomic E-state index is 0.167. The van der Waals surface area contributed by atoms with E-state index in [0.717, 1.165) is 11.1 Å². The molecule has 0 unspecified atom stereocenters. The Bertz CT molecular complexity index is 902. The summed E-state index contributed by atoms with van der Waals surface area (Å²) < 4.78 is 0. The average Bonchev–Trinajstić information content (AvgIpc) is 2.67. The molecule has 3 aromatic rings. The van der Waals surface area contributed by atoms with Crippen LogP contribution in [0, 0.1) is 0 Å². The standard InChI is InChI=1S/C21H15ClN2O/c22-19-13-11-16(12-14-19)15-23-24-20(17-7-3-1-4-8-17)21(25)18-9-5-2-6-10-18/h1-15H/b23-15-,24-20-. The van der Waals surface area contributed by atoms with Crippen LogP contribution in [0.1, 0.15) is 21.5 Å². The van der Waals surface area contributed by atoms with Crippen LogP contribution in [0.5, 0.6) is 0 Å². The van der Waals surface area contributed by atoms with Gasteiger partial charge in [-0.3, -0.25) is 4.79 Å². The number of Topliss-reactive ketones (excluding diaryl/α,β-unsaturated/α-hetero) is 1. The van der Waals surface area contributed by atoms with Crippen LogP contribution in [0.25, 0.3) is 0 Å². The molecule has 0 fully saturated rings. The number of hydrogen-bond acceptors (Lipinski definition) is 3. The fourth-order valence-corrected chi connectivity index (χ4v) is 2.38. The Balaban J connectivity index is 1.94. The van der Waals surface area contributed by atoms with Gasteiger partial charge < -0.3 is 0 Å². The Morgan fingerprint density at radius 1 is 0.760 bits per heavy atom. The molecule has 122 valence electrons. The van der Waals surface area contributed by atoms with E-state index < -0.39 is 0 Å². The largest absolute Gasteiger partial charge is 0.287 e. The molecule has 3 nitrogen and oxygen atoms in total. The van der Waals surface area contributed by atoms with E-state index in [4.69, 9.17) is 11.6 Å². The Hall–Kier alpha value is -3.04. The van der Waals surface area contributed by atoms with E-state index in [9.17, 15) is 4.79 Å². The van der Waals surface area contributed by atoms with E-state index in [0.29, 0.717) is 16.3 Å². The van der Waals surface area contributed by atoms with Gasteiger partial charge in [0.25, 0.3) is 0 Å². The van der Waals surface area contributed by atoms with Crippen LogP contribution in [0.4, 0.5) is 0 Å². The Morgan fingerprint density at radius 2 is 1.32 bits per heavy atom. The second-order valence-electron chi connectivity index (χ2n) is 5.31. The first-order chi connectivity index (χ1) is 12.2. The Labute approximate surface area is 151 Å². The highest BCUT2D eigenvalue weighted by Gasteiger charge is 2.15. The predicted molar refractivity (Wildman–Crippen MR) is 103 cm³/mol. The topological polar surface area (TPSA) is 41.8 Å². The third kappa shape index (κ3) is 4.49. The van der Waals surface area contributed by atoms with Crippen molar-refractivity contribution in [3.05, 3.63) is 107 Å². The second-order valence-corrected chi connectivity index (χ2v) is 5.74. The quantitative estimate of drug-likeness (QED) is 0.362. The lowest BCUT2D eigenvalue weighted by atomic mass is 10.0. The number of rotatable bonds is 5. The van der Waals surface area contributed by atoms with Crippen molar-refractivity contribution >= 4 is 29.3 Å². The molecule has 3 rings (SSSR count). The highest BCUT2D eigenvalue weighted by Crippen LogP contribution is 2.10. The summed E-state index contributed by atoms with van der Waals surface area (Å²) in [5, 5.41) is 8.94. The Kier molecular flexibility index (Phi) is 5.50. The number of benzene rings is 3. The molecular formula is C21H15ClN2O. The smallest absolute Gasteiger partial charge is 0.213 e. The first-order valence-corrected chi connectivity index (χ1v) is 8.13. The van der Waals surface area contributed by atoms with Crippen molar-refractivity contribution in [1.82, 2.24) is 0 Å². The molecule has 0 amide bonds. The van der Waals surface area contributed by atoms with Gasteiger partial charge in [0.2, 0.25) is 5.78 Å². The lowest BCUT2D eigenvalue weighted by molar-refractivity contribution is 0.106. The molecule has 3 aromatic carbocycles. The van der Waals surface area contributed by atoms with Gasteiger partial charge in [0, 0.05) is 16.1 Å². The highest BCUT2D eigenvalue weighted by molar-refractivity contribution is 6.51. The van der Waals surface area contributed by atoms with Crippen LogP contribution in [-0.2, 0) is 0 Å². The van der Waals surface area contributed by atoms with Crippen molar-refractivity contribution in [1.29, 1.82) is 0 Å². The SMILES string of the molecule is O=C(/C(=N\N=C/c1ccc(Cl)cc1)c1ccccc1)c1ccccc1. The van der Waals surface area contributed by atoms with Gasteiger partial charge >= 0.3 is 0 Å². The number of carbonyl (C=O) groups is 1. The van der Waals surface area contributed by atoms with Crippen molar-refractivity contribution in [3.8, 4) is 0 Å². The number of ketones is 1. The Morgan fingerprint density at radius 3 is 1.92 bits per heavy atom. The van der Waals surface area contributed by atoms with Gasteiger partial charge in [-0.05, 0) is 17.7 Å². The van der Waals surface area contributed by atoms with Crippen LogP contribution in [0.15, 0.2) is 95.1 Å². The van der Waals surface area contributed by atoms with E-state index in [-0.39, 0.29) is 5.78 Å². The molecule has 0 N–H and O–H groups in total. The van der Waals surface area contributed by atoms with E-state index in [1.165, 1.54) is 0 Å². The molecule has 25 heavy (non-hydrogen) atoms. The maximum Gasteiger partial charge on any atom is 0.213 e. The van der Waals surface area contributed by atoms with E-state index >= 15 is 0 Å². The van der Waals surface area contributed by atoms with Crippen LogP contribution < -0.4 is 0 Å². The summed E-state index contributed by atoms with van der Waals surface area (Å²) in [5.74, 6) is -0.167. The summed E-state index contributed by atoms with van der Waals surface area (Å²) >= 11 is 5.87. The molecule has 0 spiro atoms. The number of hydrogen-bond donors (Lipinski definition) is 0. The number of carbonyl (C=O) groups excluding carboxylic acids is 1. The van der Waals surface area contributed by atoms with Gasteiger partial charge in [0.05, 0.1) is 6.21 Å². The fourth-order valence-electron chi connectivity index (χ4n) is 2.26. The molecule has 0 saturated heterocycles. The van der Waals surface area contributed by atoms with Crippen LogP contribution in [-0.4, -0.2) is 17.7 Å². The number of halogens is 1. The minimum Gasteiger partial charge on any atom is -0.287 e. The first-order valence-electron chi connectivity index (χ1n) is 7.76. The number of nitrogens with zero attached hydrogens (tertiary/aromatic N) is 2. The van der Waals surface area contributed by atoms with Crippen molar-refractivity contribution in [3.63, 3.8) is 0 Å². The van der Waals surface area contributed by atoms with E-state index in [1.807, 2.05) is 60.7 Å². The molecule has 4 heteroatoms. The predicted octanol–water partition coefficient (Wildman–Crippen LogP) is 5.05. The lowest BCUT2D eigenvalue weighted by Crippen LogP contribution is -2.15. The molecule has 0 aromatic heterocycles. The minimum atomic E-state index is -0.167. The van der Waals surface area contributed by atoms with Crippen LogP contribution >= 0.6 is 11.6 Å². The molecule has 0 aliphatic rings. The third-order valence-electron chi connectivity index (χ3n) is 3.53. The molecule has 0 bridgehead atoms. The molecule has 0 heterocycles. The van der Waals surface area contributed by atoms with Crippen LogP contribution in [0.3, 0.4) is 0 Å². The molecule has 0 radical (unpaired) electrons. The summed E-state index contributed by atoms with van der Waals surface area (Å²) in [7, 11) is 0. The van der Waals surface area contributed by atoms with E-state index in [2.05, 4.69) is 10.2 Å². The zero-order chi connectivity index (χ0) is 17.5.